The number of rotatable bonds is 4. The first kappa shape index (κ1) is 14.9. The van der Waals surface area contributed by atoms with Crippen LogP contribution in [-0.4, -0.2) is 31.1 Å². The van der Waals surface area contributed by atoms with E-state index in [0.717, 1.165) is 36.3 Å². The molecule has 1 aliphatic heterocycles. The zero-order valence-electron chi connectivity index (χ0n) is 12.5. The topological polar surface area (TPSA) is 50.4 Å². The predicted octanol–water partition coefficient (Wildman–Crippen LogP) is 1.94. The average molecular weight is 276 g/mol. The lowest BCUT2D eigenvalue weighted by molar-refractivity contribution is -0.124. The van der Waals surface area contributed by atoms with E-state index >= 15 is 0 Å². The van der Waals surface area contributed by atoms with E-state index < -0.39 is 0 Å². The number of nitrogens with one attached hydrogen (secondary N) is 2. The first-order chi connectivity index (χ1) is 9.56. The molecule has 0 saturated carbocycles. The fourth-order valence-corrected chi connectivity index (χ4v) is 2.70. The molecule has 2 unspecified atom stereocenters. The van der Waals surface area contributed by atoms with Crippen molar-refractivity contribution in [1.82, 2.24) is 10.6 Å². The van der Waals surface area contributed by atoms with Gasteiger partial charge in [0.05, 0.1) is 0 Å². The summed E-state index contributed by atoms with van der Waals surface area (Å²) in [5, 5.41) is 6.43. The van der Waals surface area contributed by atoms with Gasteiger partial charge in [-0.25, -0.2) is 0 Å². The van der Waals surface area contributed by atoms with Crippen molar-refractivity contribution in [3.8, 4) is 5.75 Å². The molecule has 110 valence electrons. The van der Waals surface area contributed by atoms with Gasteiger partial charge < -0.3 is 15.4 Å². The summed E-state index contributed by atoms with van der Waals surface area (Å²) in [6.45, 7) is 7.18. The van der Waals surface area contributed by atoms with Crippen LogP contribution in [0.2, 0.25) is 0 Å². The third-order valence-electron chi connectivity index (χ3n) is 3.75. The SMILES string of the molecule is Cc1cccc(C)c1OCC(=O)NC1CCNC(C)C1. The van der Waals surface area contributed by atoms with Crippen molar-refractivity contribution < 1.29 is 9.53 Å². The molecule has 1 heterocycles. The quantitative estimate of drug-likeness (QED) is 0.883. The Balaban J connectivity index is 1.83. The van der Waals surface area contributed by atoms with Crippen molar-refractivity contribution in [3.05, 3.63) is 29.3 Å². The van der Waals surface area contributed by atoms with Crippen molar-refractivity contribution in [2.24, 2.45) is 0 Å². The van der Waals surface area contributed by atoms with E-state index in [9.17, 15) is 4.79 Å². The number of piperidine rings is 1. The summed E-state index contributed by atoms with van der Waals surface area (Å²) in [7, 11) is 0. The first-order valence-corrected chi connectivity index (χ1v) is 7.28. The number of carbonyl (C=O) groups excluding carboxylic acids is 1. The van der Waals surface area contributed by atoms with Crippen molar-refractivity contribution in [3.63, 3.8) is 0 Å². The standard InChI is InChI=1S/C16H24N2O2/c1-11-5-4-6-12(2)16(11)20-10-15(19)18-14-7-8-17-13(3)9-14/h4-6,13-14,17H,7-10H2,1-3H3,(H,18,19). The van der Waals surface area contributed by atoms with Gasteiger partial charge in [-0.3, -0.25) is 4.79 Å². The Kier molecular flexibility index (Phi) is 5.01. The van der Waals surface area contributed by atoms with Crippen LogP contribution in [-0.2, 0) is 4.79 Å². The first-order valence-electron chi connectivity index (χ1n) is 7.28. The zero-order chi connectivity index (χ0) is 14.5. The minimum Gasteiger partial charge on any atom is -0.483 e. The summed E-state index contributed by atoms with van der Waals surface area (Å²) >= 11 is 0. The predicted molar refractivity (Wildman–Crippen MR) is 80.0 cm³/mol. The highest BCUT2D eigenvalue weighted by molar-refractivity contribution is 5.78. The molecule has 0 spiro atoms. The monoisotopic (exact) mass is 276 g/mol. The van der Waals surface area contributed by atoms with E-state index in [4.69, 9.17) is 4.74 Å². The maximum atomic E-state index is 12.0. The summed E-state index contributed by atoms with van der Waals surface area (Å²) in [6.07, 6.45) is 1.97. The Labute approximate surface area is 120 Å². The van der Waals surface area contributed by atoms with E-state index in [1.54, 1.807) is 0 Å². The van der Waals surface area contributed by atoms with Gasteiger partial charge >= 0.3 is 0 Å². The molecule has 20 heavy (non-hydrogen) atoms. The Morgan fingerprint density at radius 3 is 2.75 bits per heavy atom. The van der Waals surface area contributed by atoms with E-state index in [1.165, 1.54) is 0 Å². The maximum absolute atomic E-state index is 12.0. The van der Waals surface area contributed by atoms with Crippen LogP contribution in [0.25, 0.3) is 0 Å². The second kappa shape index (κ2) is 6.75. The van der Waals surface area contributed by atoms with Gasteiger partial charge in [-0.15, -0.1) is 0 Å². The second-order valence-electron chi connectivity index (χ2n) is 5.65. The number of aryl methyl sites for hydroxylation is 2. The van der Waals surface area contributed by atoms with Crippen LogP contribution in [0.3, 0.4) is 0 Å². The molecule has 2 rings (SSSR count). The highest BCUT2D eigenvalue weighted by Crippen LogP contribution is 2.22. The van der Waals surface area contributed by atoms with Crippen LogP contribution in [0.5, 0.6) is 5.75 Å². The van der Waals surface area contributed by atoms with Crippen LogP contribution < -0.4 is 15.4 Å². The Morgan fingerprint density at radius 2 is 2.10 bits per heavy atom. The molecule has 4 nitrogen and oxygen atoms in total. The molecule has 1 fully saturated rings. The van der Waals surface area contributed by atoms with Crippen molar-refractivity contribution >= 4 is 5.91 Å². The molecule has 0 aliphatic carbocycles. The van der Waals surface area contributed by atoms with Crippen LogP contribution in [0.15, 0.2) is 18.2 Å². The van der Waals surface area contributed by atoms with Gasteiger partial charge in [-0.1, -0.05) is 18.2 Å². The van der Waals surface area contributed by atoms with Gasteiger partial charge in [-0.05, 0) is 51.3 Å². The lowest BCUT2D eigenvalue weighted by Crippen LogP contribution is -2.47. The van der Waals surface area contributed by atoms with Crippen molar-refractivity contribution in [1.29, 1.82) is 0 Å². The summed E-state index contributed by atoms with van der Waals surface area (Å²) in [6, 6.07) is 6.71. The van der Waals surface area contributed by atoms with E-state index in [2.05, 4.69) is 17.6 Å². The molecular weight excluding hydrogens is 252 g/mol. The largest absolute Gasteiger partial charge is 0.483 e. The summed E-state index contributed by atoms with van der Waals surface area (Å²) in [5.74, 6) is 0.785. The molecule has 2 N–H and O–H groups in total. The fraction of sp³-hybridized carbons (Fsp3) is 0.562. The van der Waals surface area contributed by atoms with Crippen LogP contribution >= 0.6 is 0 Å². The Bertz CT molecular complexity index is 453. The maximum Gasteiger partial charge on any atom is 0.258 e. The molecule has 1 aromatic rings. The molecule has 0 aromatic heterocycles. The molecule has 1 aliphatic rings. The Hall–Kier alpha value is -1.55. The molecule has 0 bridgehead atoms. The number of carbonyl (C=O) groups is 1. The highest BCUT2D eigenvalue weighted by atomic mass is 16.5. The van der Waals surface area contributed by atoms with Gasteiger partial charge in [0.2, 0.25) is 0 Å². The van der Waals surface area contributed by atoms with E-state index in [1.807, 2.05) is 32.0 Å². The average Bonchev–Trinajstić information content (AvgIpc) is 2.38. The number of ether oxygens (including phenoxy) is 1. The molecule has 4 heteroatoms. The third-order valence-corrected chi connectivity index (χ3v) is 3.75. The molecular formula is C16H24N2O2. The minimum absolute atomic E-state index is 0.0354. The number of benzene rings is 1. The van der Waals surface area contributed by atoms with Crippen LogP contribution in [0.1, 0.15) is 30.9 Å². The molecule has 2 atom stereocenters. The fourth-order valence-electron chi connectivity index (χ4n) is 2.70. The normalized spacial score (nSPS) is 22.4. The van der Waals surface area contributed by atoms with Gasteiger partial charge in [-0.2, -0.15) is 0 Å². The lowest BCUT2D eigenvalue weighted by atomic mass is 10.0. The van der Waals surface area contributed by atoms with Crippen LogP contribution in [0, 0.1) is 13.8 Å². The molecule has 1 saturated heterocycles. The number of amides is 1. The van der Waals surface area contributed by atoms with Crippen LogP contribution in [0.4, 0.5) is 0 Å². The van der Waals surface area contributed by atoms with E-state index in [0.29, 0.717) is 6.04 Å². The lowest BCUT2D eigenvalue weighted by Gasteiger charge is -2.28. The van der Waals surface area contributed by atoms with Crippen molar-refractivity contribution in [2.45, 2.75) is 45.7 Å². The van der Waals surface area contributed by atoms with Gasteiger partial charge in [0, 0.05) is 12.1 Å². The summed E-state index contributed by atoms with van der Waals surface area (Å²) < 4.78 is 5.67. The highest BCUT2D eigenvalue weighted by Gasteiger charge is 2.20. The number of hydrogen-bond donors (Lipinski definition) is 2. The van der Waals surface area contributed by atoms with Gasteiger partial charge in [0.1, 0.15) is 5.75 Å². The third kappa shape index (κ3) is 3.97. The second-order valence-corrected chi connectivity index (χ2v) is 5.65. The molecule has 0 radical (unpaired) electrons. The summed E-state index contributed by atoms with van der Waals surface area (Å²) in [5.41, 5.74) is 2.13. The summed E-state index contributed by atoms with van der Waals surface area (Å²) in [4.78, 5) is 12.0. The van der Waals surface area contributed by atoms with Gasteiger partial charge in [0.25, 0.3) is 5.91 Å². The molecule has 1 aromatic carbocycles. The Morgan fingerprint density at radius 1 is 1.40 bits per heavy atom. The smallest absolute Gasteiger partial charge is 0.258 e. The van der Waals surface area contributed by atoms with Gasteiger partial charge in [0.15, 0.2) is 6.61 Å². The zero-order valence-corrected chi connectivity index (χ0v) is 12.5. The molecule has 1 amide bonds. The number of para-hydroxylation sites is 1. The minimum atomic E-state index is -0.0354. The number of hydrogen-bond acceptors (Lipinski definition) is 3. The van der Waals surface area contributed by atoms with E-state index in [-0.39, 0.29) is 18.6 Å². The van der Waals surface area contributed by atoms with Crippen molar-refractivity contribution in [2.75, 3.05) is 13.2 Å².